The lowest BCUT2D eigenvalue weighted by molar-refractivity contribution is 0.410. The van der Waals surface area contributed by atoms with E-state index < -0.39 is 0 Å². The van der Waals surface area contributed by atoms with Gasteiger partial charge in [-0.15, -0.1) is 0 Å². The quantitative estimate of drug-likeness (QED) is 0.630. The van der Waals surface area contributed by atoms with Crippen molar-refractivity contribution in [1.29, 1.82) is 0 Å². The van der Waals surface area contributed by atoms with Gasteiger partial charge >= 0.3 is 0 Å². The maximum Gasteiger partial charge on any atom is 0.194 e. The highest BCUT2D eigenvalue weighted by Gasteiger charge is 2.09. The van der Waals surface area contributed by atoms with E-state index >= 15 is 0 Å². The van der Waals surface area contributed by atoms with Gasteiger partial charge in [-0.25, -0.2) is 4.99 Å². The summed E-state index contributed by atoms with van der Waals surface area (Å²) < 4.78 is 7.30. The van der Waals surface area contributed by atoms with E-state index in [9.17, 15) is 5.11 Å². The number of aromatic hydroxyl groups is 1. The molecular weight excluding hydrogens is 304 g/mol. The van der Waals surface area contributed by atoms with Crippen molar-refractivity contribution >= 4 is 5.96 Å². The molecule has 1 heterocycles. The average Bonchev–Trinajstić information content (AvgIpc) is 2.97. The molecule has 0 unspecified atom stereocenters. The van der Waals surface area contributed by atoms with Crippen molar-refractivity contribution in [2.45, 2.75) is 20.0 Å². The summed E-state index contributed by atoms with van der Waals surface area (Å²) in [5.41, 5.74) is 1.93. The summed E-state index contributed by atoms with van der Waals surface area (Å²) in [5.74, 6) is 1.72. The normalized spacial score (nSPS) is 11.4. The van der Waals surface area contributed by atoms with Gasteiger partial charge in [-0.3, -0.25) is 0 Å². The van der Waals surface area contributed by atoms with Crippen LogP contribution in [0.2, 0.25) is 0 Å². The lowest BCUT2D eigenvalue weighted by atomic mass is 10.2. The van der Waals surface area contributed by atoms with Gasteiger partial charge in [0.1, 0.15) is 11.5 Å². The molecule has 0 aliphatic carbocycles. The summed E-state index contributed by atoms with van der Waals surface area (Å²) >= 11 is 0. The first-order valence-corrected chi connectivity index (χ1v) is 8.00. The topological polar surface area (TPSA) is 62.0 Å². The molecule has 0 saturated heterocycles. The van der Waals surface area contributed by atoms with E-state index in [1.807, 2.05) is 33.3 Å². The third-order valence-electron chi connectivity index (χ3n) is 3.83. The minimum absolute atomic E-state index is 0.223. The molecule has 0 aliphatic rings. The van der Waals surface area contributed by atoms with E-state index in [4.69, 9.17) is 4.74 Å². The van der Waals surface area contributed by atoms with E-state index in [0.29, 0.717) is 12.3 Å². The molecule has 2 aromatic rings. The average molecular weight is 330 g/mol. The van der Waals surface area contributed by atoms with E-state index in [1.165, 1.54) is 5.69 Å². The first kappa shape index (κ1) is 17.7. The predicted octanol–water partition coefficient (Wildman–Crippen LogP) is 2.34. The molecule has 1 aromatic carbocycles. The van der Waals surface area contributed by atoms with Gasteiger partial charge in [0, 0.05) is 38.1 Å². The standard InChI is InChI=1S/C18H26N4O2/c1-5-19-18(22(3)13-15-7-6-10-21(15)2)20-12-14-11-16(24-4)8-9-17(14)23/h6-11,23H,5,12-13H2,1-4H3,(H,19,20). The number of hydrogen-bond acceptors (Lipinski definition) is 3. The minimum atomic E-state index is 0.223. The van der Waals surface area contributed by atoms with Gasteiger partial charge < -0.3 is 24.6 Å². The van der Waals surface area contributed by atoms with Crippen molar-refractivity contribution in [3.63, 3.8) is 0 Å². The Morgan fingerprint density at radius 2 is 2.17 bits per heavy atom. The van der Waals surface area contributed by atoms with Crippen LogP contribution >= 0.6 is 0 Å². The van der Waals surface area contributed by atoms with Crippen molar-refractivity contribution in [1.82, 2.24) is 14.8 Å². The second-order valence-corrected chi connectivity index (χ2v) is 5.63. The molecule has 6 nitrogen and oxygen atoms in total. The van der Waals surface area contributed by atoms with Gasteiger partial charge in [-0.2, -0.15) is 0 Å². The van der Waals surface area contributed by atoms with Crippen LogP contribution < -0.4 is 10.1 Å². The van der Waals surface area contributed by atoms with Crippen LogP contribution in [0.3, 0.4) is 0 Å². The number of nitrogens with zero attached hydrogens (tertiary/aromatic N) is 3. The van der Waals surface area contributed by atoms with Crippen molar-refractivity contribution in [2.24, 2.45) is 12.0 Å². The highest BCUT2D eigenvalue weighted by molar-refractivity contribution is 5.79. The number of aromatic nitrogens is 1. The Labute approximate surface area is 143 Å². The fourth-order valence-corrected chi connectivity index (χ4v) is 2.42. The summed E-state index contributed by atoms with van der Waals surface area (Å²) in [5, 5.41) is 13.3. The number of rotatable bonds is 6. The Morgan fingerprint density at radius 3 is 2.79 bits per heavy atom. The number of methoxy groups -OCH3 is 1. The fourth-order valence-electron chi connectivity index (χ4n) is 2.42. The highest BCUT2D eigenvalue weighted by Crippen LogP contribution is 2.23. The molecule has 0 radical (unpaired) electrons. The minimum Gasteiger partial charge on any atom is -0.508 e. The summed E-state index contributed by atoms with van der Waals surface area (Å²) in [7, 11) is 5.64. The zero-order valence-electron chi connectivity index (χ0n) is 14.8. The Bertz CT molecular complexity index is 694. The van der Waals surface area contributed by atoms with Gasteiger partial charge in [0.15, 0.2) is 5.96 Å². The number of phenolic OH excluding ortho intramolecular Hbond substituents is 1. The zero-order chi connectivity index (χ0) is 17.5. The smallest absolute Gasteiger partial charge is 0.194 e. The van der Waals surface area contributed by atoms with Crippen LogP contribution in [0.5, 0.6) is 11.5 Å². The Balaban J connectivity index is 2.14. The first-order valence-electron chi connectivity index (χ1n) is 8.00. The van der Waals surface area contributed by atoms with Crippen LogP contribution in [-0.2, 0) is 20.1 Å². The van der Waals surface area contributed by atoms with Crippen LogP contribution in [0.25, 0.3) is 0 Å². The number of nitrogens with one attached hydrogen (secondary N) is 1. The monoisotopic (exact) mass is 330 g/mol. The van der Waals surface area contributed by atoms with Gasteiger partial charge in [0.2, 0.25) is 0 Å². The van der Waals surface area contributed by atoms with E-state index in [1.54, 1.807) is 25.3 Å². The molecule has 1 aromatic heterocycles. The number of guanidine groups is 1. The third-order valence-corrected chi connectivity index (χ3v) is 3.83. The van der Waals surface area contributed by atoms with Crippen LogP contribution in [0.15, 0.2) is 41.5 Å². The van der Waals surface area contributed by atoms with Crippen molar-refractivity contribution in [3.8, 4) is 11.5 Å². The van der Waals surface area contributed by atoms with Gasteiger partial charge in [-0.1, -0.05) is 0 Å². The van der Waals surface area contributed by atoms with Crippen LogP contribution in [0.4, 0.5) is 0 Å². The van der Waals surface area contributed by atoms with Crippen LogP contribution in [0, 0.1) is 0 Å². The summed E-state index contributed by atoms with van der Waals surface area (Å²) in [6.45, 7) is 3.94. The lowest BCUT2D eigenvalue weighted by Gasteiger charge is -2.22. The fraction of sp³-hybridized carbons (Fsp3) is 0.389. The molecule has 0 bridgehead atoms. The molecule has 0 aliphatic heterocycles. The lowest BCUT2D eigenvalue weighted by Crippen LogP contribution is -2.38. The number of aryl methyl sites for hydroxylation is 1. The van der Waals surface area contributed by atoms with Gasteiger partial charge in [0.05, 0.1) is 20.2 Å². The number of aliphatic imine (C=N–C) groups is 1. The molecule has 24 heavy (non-hydrogen) atoms. The van der Waals surface area contributed by atoms with Crippen molar-refractivity contribution in [3.05, 3.63) is 47.8 Å². The van der Waals surface area contributed by atoms with Crippen molar-refractivity contribution < 1.29 is 9.84 Å². The molecule has 0 spiro atoms. The Kier molecular flexibility index (Phi) is 6.12. The molecule has 0 atom stereocenters. The van der Waals surface area contributed by atoms with E-state index in [0.717, 1.165) is 24.6 Å². The van der Waals surface area contributed by atoms with Gasteiger partial charge in [0.25, 0.3) is 0 Å². The predicted molar refractivity (Wildman–Crippen MR) is 96.4 cm³/mol. The second-order valence-electron chi connectivity index (χ2n) is 5.63. The molecule has 2 rings (SSSR count). The molecule has 2 N–H and O–H groups in total. The molecule has 6 heteroatoms. The summed E-state index contributed by atoms with van der Waals surface area (Å²) in [4.78, 5) is 6.70. The zero-order valence-corrected chi connectivity index (χ0v) is 14.8. The maximum atomic E-state index is 9.99. The number of ether oxygens (including phenoxy) is 1. The highest BCUT2D eigenvalue weighted by atomic mass is 16.5. The van der Waals surface area contributed by atoms with E-state index in [2.05, 4.69) is 25.8 Å². The second kappa shape index (κ2) is 8.29. The summed E-state index contributed by atoms with van der Waals surface area (Å²) in [6.07, 6.45) is 2.03. The third kappa shape index (κ3) is 4.44. The Hall–Kier alpha value is -2.63. The van der Waals surface area contributed by atoms with Crippen LogP contribution in [0.1, 0.15) is 18.2 Å². The van der Waals surface area contributed by atoms with Crippen LogP contribution in [-0.4, -0.2) is 41.2 Å². The number of phenols is 1. The first-order chi connectivity index (χ1) is 11.5. The molecule has 0 saturated carbocycles. The largest absolute Gasteiger partial charge is 0.508 e. The number of benzene rings is 1. The molecule has 0 fully saturated rings. The maximum absolute atomic E-state index is 9.99. The molecular formula is C18H26N4O2. The van der Waals surface area contributed by atoms with Gasteiger partial charge in [-0.05, 0) is 37.3 Å². The summed E-state index contributed by atoms with van der Waals surface area (Å²) in [6, 6.07) is 9.29. The van der Waals surface area contributed by atoms with Crippen molar-refractivity contribution in [2.75, 3.05) is 20.7 Å². The SMILES string of the molecule is CCNC(=NCc1cc(OC)ccc1O)N(C)Cc1cccn1C. The molecule has 0 amide bonds. The molecule has 130 valence electrons. The Morgan fingerprint density at radius 1 is 1.38 bits per heavy atom. The number of hydrogen-bond donors (Lipinski definition) is 2. The van der Waals surface area contributed by atoms with E-state index in [-0.39, 0.29) is 5.75 Å².